The molecule has 0 unspecified atom stereocenters. The summed E-state index contributed by atoms with van der Waals surface area (Å²) >= 11 is 1.75. The second-order valence-electron chi connectivity index (χ2n) is 7.10. The lowest BCUT2D eigenvalue weighted by Crippen LogP contribution is -2.53. The molecule has 3 aromatic heterocycles. The van der Waals surface area contributed by atoms with E-state index in [1.165, 1.54) is 4.88 Å². The fourth-order valence-corrected chi connectivity index (χ4v) is 4.17. The van der Waals surface area contributed by atoms with Gasteiger partial charge in [0, 0.05) is 56.8 Å². The molecular weight excluding hydrogens is 396 g/mol. The molecule has 4 heterocycles. The molecule has 4 rings (SSSR count). The molecule has 0 amide bonds. The highest BCUT2D eigenvalue weighted by molar-refractivity contribution is 7.09. The molecule has 30 heavy (non-hydrogen) atoms. The first-order valence-corrected chi connectivity index (χ1v) is 11.3. The maximum Gasteiger partial charge on any atom is 0.194 e. The van der Waals surface area contributed by atoms with E-state index < -0.39 is 0 Å². The van der Waals surface area contributed by atoms with Crippen molar-refractivity contribution in [1.29, 1.82) is 0 Å². The number of hydrogen-bond acceptors (Lipinski definition) is 6. The molecule has 1 N–H and O–H groups in total. The quantitative estimate of drug-likeness (QED) is 0.463. The highest BCUT2D eigenvalue weighted by atomic mass is 32.1. The van der Waals surface area contributed by atoms with Gasteiger partial charge in [0.05, 0.1) is 6.54 Å². The Labute approximate surface area is 181 Å². The molecule has 9 heteroatoms. The Hall–Kier alpha value is -2.94. The fourth-order valence-electron chi connectivity index (χ4n) is 3.54. The normalized spacial score (nSPS) is 14.9. The first-order valence-electron chi connectivity index (χ1n) is 10.4. The molecular formula is C21H28N8S. The van der Waals surface area contributed by atoms with Crippen LogP contribution in [-0.2, 0) is 19.5 Å². The standard InChI is InChI=1S/C21H28N8S/c1-2-19-26-25-17-29(19)10-9-23-21(24-16-18-6-5-15-30-18)28-13-11-27(12-14-28)20-7-3-4-8-22-20/h3-8,15,17H,2,9-14,16H2,1H3,(H,23,24). The van der Waals surface area contributed by atoms with E-state index in [0.717, 1.165) is 63.3 Å². The SMILES string of the molecule is CCc1nncn1CCNC(=NCc1cccs1)N1CCN(c2ccccn2)CC1. The Morgan fingerprint density at radius 2 is 2.07 bits per heavy atom. The molecule has 1 aliphatic rings. The number of guanidine groups is 1. The number of pyridine rings is 1. The van der Waals surface area contributed by atoms with Crippen molar-refractivity contribution in [2.45, 2.75) is 26.4 Å². The van der Waals surface area contributed by atoms with Crippen molar-refractivity contribution >= 4 is 23.1 Å². The summed E-state index contributed by atoms with van der Waals surface area (Å²) in [6, 6.07) is 10.3. The second-order valence-corrected chi connectivity index (χ2v) is 8.13. The van der Waals surface area contributed by atoms with E-state index in [-0.39, 0.29) is 0 Å². The molecule has 1 aliphatic heterocycles. The van der Waals surface area contributed by atoms with Gasteiger partial charge in [0.15, 0.2) is 5.96 Å². The number of aryl methyl sites for hydroxylation is 1. The molecule has 0 aromatic carbocycles. The summed E-state index contributed by atoms with van der Waals surface area (Å²) in [5.41, 5.74) is 0. The van der Waals surface area contributed by atoms with Gasteiger partial charge in [-0.15, -0.1) is 21.5 Å². The number of aliphatic imine (C=N–C) groups is 1. The molecule has 1 saturated heterocycles. The first kappa shape index (κ1) is 20.3. The van der Waals surface area contributed by atoms with Gasteiger partial charge in [0.1, 0.15) is 18.0 Å². The summed E-state index contributed by atoms with van der Waals surface area (Å²) in [4.78, 5) is 15.4. The average molecular weight is 425 g/mol. The van der Waals surface area contributed by atoms with Gasteiger partial charge in [-0.05, 0) is 23.6 Å². The number of hydrogen-bond donors (Lipinski definition) is 1. The van der Waals surface area contributed by atoms with Crippen LogP contribution in [0.5, 0.6) is 0 Å². The third-order valence-electron chi connectivity index (χ3n) is 5.17. The predicted octanol–water partition coefficient (Wildman–Crippen LogP) is 2.27. The second kappa shape index (κ2) is 10.2. The Bertz CT molecular complexity index is 914. The minimum atomic E-state index is 0.702. The highest BCUT2D eigenvalue weighted by Gasteiger charge is 2.20. The first-order chi connectivity index (χ1) is 14.8. The minimum Gasteiger partial charge on any atom is -0.354 e. The lowest BCUT2D eigenvalue weighted by atomic mass is 10.3. The van der Waals surface area contributed by atoms with E-state index in [1.807, 2.05) is 18.3 Å². The zero-order chi connectivity index (χ0) is 20.6. The van der Waals surface area contributed by atoms with Crippen LogP contribution in [0.4, 0.5) is 5.82 Å². The fraction of sp³-hybridized carbons (Fsp3) is 0.429. The van der Waals surface area contributed by atoms with Crippen LogP contribution in [0, 0.1) is 0 Å². The number of piperazine rings is 1. The third kappa shape index (κ3) is 5.15. The van der Waals surface area contributed by atoms with Crippen molar-refractivity contribution in [2.24, 2.45) is 4.99 Å². The minimum absolute atomic E-state index is 0.702. The van der Waals surface area contributed by atoms with Crippen molar-refractivity contribution in [2.75, 3.05) is 37.6 Å². The molecule has 0 aliphatic carbocycles. The smallest absolute Gasteiger partial charge is 0.194 e. The van der Waals surface area contributed by atoms with Gasteiger partial charge in [-0.1, -0.05) is 19.1 Å². The third-order valence-corrected chi connectivity index (χ3v) is 6.03. The molecule has 1 fully saturated rings. The lowest BCUT2D eigenvalue weighted by molar-refractivity contribution is 0.369. The zero-order valence-electron chi connectivity index (χ0n) is 17.3. The van der Waals surface area contributed by atoms with Gasteiger partial charge in [-0.25, -0.2) is 9.98 Å². The van der Waals surface area contributed by atoms with Crippen molar-refractivity contribution in [3.63, 3.8) is 0 Å². The number of rotatable bonds is 7. The van der Waals surface area contributed by atoms with Gasteiger partial charge < -0.3 is 19.7 Å². The highest BCUT2D eigenvalue weighted by Crippen LogP contribution is 2.14. The number of aromatic nitrogens is 4. The summed E-state index contributed by atoms with van der Waals surface area (Å²) < 4.78 is 2.10. The van der Waals surface area contributed by atoms with Crippen LogP contribution in [0.3, 0.4) is 0 Å². The van der Waals surface area contributed by atoms with E-state index in [2.05, 4.69) is 65.4 Å². The van der Waals surface area contributed by atoms with Crippen LogP contribution < -0.4 is 10.2 Å². The Kier molecular flexibility index (Phi) is 6.91. The van der Waals surface area contributed by atoms with Crippen LogP contribution in [0.15, 0.2) is 53.2 Å². The molecule has 0 spiro atoms. The van der Waals surface area contributed by atoms with Gasteiger partial charge in [0.2, 0.25) is 0 Å². The van der Waals surface area contributed by atoms with Crippen molar-refractivity contribution < 1.29 is 0 Å². The van der Waals surface area contributed by atoms with Crippen molar-refractivity contribution in [3.8, 4) is 0 Å². The topological polar surface area (TPSA) is 74.5 Å². The maximum absolute atomic E-state index is 4.92. The van der Waals surface area contributed by atoms with Crippen LogP contribution in [0.1, 0.15) is 17.6 Å². The molecule has 0 atom stereocenters. The lowest BCUT2D eigenvalue weighted by Gasteiger charge is -2.37. The van der Waals surface area contributed by atoms with Crippen LogP contribution >= 0.6 is 11.3 Å². The number of anilines is 1. The summed E-state index contributed by atoms with van der Waals surface area (Å²) in [5.74, 6) is 3.02. The predicted molar refractivity (Wildman–Crippen MR) is 121 cm³/mol. The zero-order valence-corrected chi connectivity index (χ0v) is 18.1. The Balaban J connectivity index is 1.38. The number of nitrogens with one attached hydrogen (secondary N) is 1. The molecule has 0 bridgehead atoms. The van der Waals surface area contributed by atoms with Gasteiger partial charge in [-0.2, -0.15) is 0 Å². The average Bonchev–Trinajstić information content (AvgIpc) is 3.49. The van der Waals surface area contributed by atoms with Gasteiger partial charge in [-0.3, -0.25) is 0 Å². The largest absolute Gasteiger partial charge is 0.354 e. The van der Waals surface area contributed by atoms with E-state index >= 15 is 0 Å². The Morgan fingerprint density at radius 3 is 2.80 bits per heavy atom. The summed E-state index contributed by atoms with van der Waals surface area (Å²) in [5, 5.41) is 13.9. The van der Waals surface area contributed by atoms with Crippen LogP contribution in [-0.4, -0.2) is 63.3 Å². The van der Waals surface area contributed by atoms with Crippen molar-refractivity contribution in [3.05, 3.63) is 58.9 Å². The summed E-state index contributed by atoms with van der Waals surface area (Å²) in [7, 11) is 0. The van der Waals surface area contributed by atoms with Crippen LogP contribution in [0.25, 0.3) is 0 Å². The maximum atomic E-state index is 4.92. The summed E-state index contributed by atoms with van der Waals surface area (Å²) in [6.45, 7) is 8.11. The monoisotopic (exact) mass is 424 g/mol. The van der Waals surface area contributed by atoms with Gasteiger partial charge in [0.25, 0.3) is 0 Å². The Morgan fingerprint density at radius 1 is 1.17 bits per heavy atom. The van der Waals surface area contributed by atoms with E-state index in [4.69, 9.17) is 4.99 Å². The van der Waals surface area contributed by atoms with E-state index in [9.17, 15) is 0 Å². The molecule has 0 saturated carbocycles. The number of thiophene rings is 1. The molecule has 8 nitrogen and oxygen atoms in total. The molecule has 158 valence electrons. The van der Waals surface area contributed by atoms with E-state index in [0.29, 0.717) is 6.54 Å². The van der Waals surface area contributed by atoms with Gasteiger partial charge >= 0.3 is 0 Å². The van der Waals surface area contributed by atoms with Crippen LogP contribution in [0.2, 0.25) is 0 Å². The van der Waals surface area contributed by atoms with Crippen molar-refractivity contribution in [1.82, 2.24) is 30.0 Å². The van der Waals surface area contributed by atoms with E-state index in [1.54, 1.807) is 17.7 Å². The summed E-state index contributed by atoms with van der Waals surface area (Å²) in [6.07, 6.45) is 4.54. The molecule has 3 aromatic rings. The number of nitrogens with zero attached hydrogens (tertiary/aromatic N) is 7. The molecule has 0 radical (unpaired) electrons.